The van der Waals surface area contributed by atoms with Gasteiger partial charge in [-0.1, -0.05) is 0 Å². The van der Waals surface area contributed by atoms with Crippen molar-refractivity contribution in [2.24, 2.45) is 0 Å². The summed E-state index contributed by atoms with van der Waals surface area (Å²) in [6, 6.07) is 4.14. The summed E-state index contributed by atoms with van der Waals surface area (Å²) in [4.78, 5) is 21.4. The summed E-state index contributed by atoms with van der Waals surface area (Å²) in [7, 11) is 0. The Morgan fingerprint density at radius 1 is 1.11 bits per heavy atom. The van der Waals surface area contributed by atoms with Crippen LogP contribution in [-0.4, -0.2) is 71.8 Å². The first-order valence-electron chi connectivity index (χ1n) is 10.4. The first kappa shape index (κ1) is 18.8. The monoisotopic (exact) mass is 373 g/mol. The highest BCUT2D eigenvalue weighted by Gasteiger charge is 2.41. The van der Waals surface area contributed by atoms with Crippen LogP contribution in [0.1, 0.15) is 44.1 Å². The second-order valence-corrected chi connectivity index (χ2v) is 8.17. The van der Waals surface area contributed by atoms with E-state index in [0.717, 1.165) is 58.5 Å². The molecule has 6 nitrogen and oxygen atoms in total. The molecule has 1 aromatic rings. The Hall–Kier alpha value is -1.50. The highest BCUT2D eigenvalue weighted by atomic mass is 16.5. The minimum absolute atomic E-state index is 0.207. The summed E-state index contributed by atoms with van der Waals surface area (Å²) in [6.45, 7) is 5.79. The number of rotatable bonds is 4. The van der Waals surface area contributed by atoms with Crippen molar-refractivity contribution in [1.29, 1.82) is 0 Å². The van der Waals surface area contributed by atoms with Gasteiger partial charge in [-0.2, -0.15) is 0 Å². The Morgan fingerprint density at radius 3 is 2.67 bits per heavy atom. The van der Waals surface area contributed by atoms with Gasteiger partial charge in [-0.3, -0.25) is 14.7 Å². The number of hydrogen-bond donors (Lipinski definition) is 0. The molecule has 4 rings (SSSR count). The Kier molecular flexibility index (Phi) is 6.05. The van der Waals surface area contributed by atoms with Gasteiger partial charge < -0.3 is 14.4 Å². The summed E-state index contributed by atoms with van der Waals surface area (Å²) in [5.41, 5.74) is 1.02. The van der Waals surface area contributed by atoms with Crippen LogP contribution in [0.2, 0.25) is 0 Å². The topological polar surface area (TPSA) is 54.9 Å². The number of carbonyl (C=O) groups excluding carboxylic acids is 1. The lowest BCUT2D eigenvalue weighted by Gasteiger charge is -2.40. The van der Waals surface area contributed by atoms with Gasteiger partial charge in [0.2, 0.25) is 5.91 Å². The number of ether oxygens (including phenoxy) is 2. The molecule has 3 fully saturated rings. The van der Waals surface area contributed by atoms with Crippen molar-refractivity contribution in [3.05, 3.63) is 30.1 Å². The lowest BCUT2D eigenvalue weighted by atomic mass is 9.87. The molecule has 0 aliphatic carbocycles. The van der Waals surface area contributed by atoms with Gasteiger partial charge >= 0.3 is 0 Å². The summed E-state index contributed by atoms with van der Waals surface area (Å²) in [6.07, 6.45) is 9.70. The molecule has 0 bridgehead atoms. The van der Waals surface area contributed by atoms with Gasteiger partial charge in [-0.15, -0.1) is 0 Å². The molecule has 148 valence electrons. The van der Waals surface area contributed by atoms with E-state index in [0.29, 0.717) is 19.6 Å². The Bertz CT molecular complexity index is 610. The smallest absolute Gasteiger partial charge is 0.225 e. The van der Waals surface area contributed by atoms with Gasteiger partial charge in [0.1, 0.15) is 0 Å². The van der Waals surface area contributed by atoms with E-state index in [2.05, 4.69) is 22.0 Å². The van der Waals surface area contributed by atoms with Crippen LogP contribution in [0.3, 0.4) is 0 Å². The molecule has 1 atom stereocenters. The maximum absolute atomic E-state index is 12.9. The maximum atomic E-state index is 12.9. The zero-order chi connectivity index (χ0) is 18.5. The van der Waals surface area contributed by atoms with Crippen molar-refractivity contribution < 1.29 is 14.3 Å². The summed E-state index contributed by atoms with van der Waals surface area (Å²) in [5.74, 6) is 0.240. The molecule has 0 aromatic carbocycles. The van der Waals surface area contributed by atoms with E-state index in [1.54, 1.807) is 0 Å². The van der Waals surface area contributed by atoms with Crippen LogP contribution in [0.4, 0.5) is 0 Å². The number of aromatic nitrogens is 1. The molecule has 1 unspecified atom stereocenters. The number of piperidine rings is 1. The van der Waals surface area contributed by atoms with E-state index < -0.39 is 0 Å². The molecule has 0 radical (unpaired) electrons. The first-order chi connectivity index (χ1) is 13.2. The molecule has 6 heteroatoms. The second kappa shape index (κ2) is 8.67. The van der Waals surface area contributed by atoms with Gasteiger partial charge in [0.15, 0.2) is 0 Å². The van der Waals surface area contributed by atoms with Crippen LogP contribution < -0.4 is 0 Å². The first-order valence-corrected chi connectivity index (χ1v) is 10.4. The van der Waals surface area contributed by atoms with Crippen LogP contribution in [0.15, 0.2) is 24.5 Å². The zero-order valence-electron chi connectivity index (χ0n) is 16.1. The number of amides is 1. The fourth-order valence-electron chi connectivity index (χ4n) is 4.51. The Balaban J connectivity index is 1.30. The van der Waals surface area contributed by atoms with Crippen molar-refractivity contribution in [3.63, 3.8) is 0 Å². The Labute approximate surface area is 161 Å². The van der Waals surface area contributed by atoms with E-state index >= 15 is 0 Å². The SMILES string of the molecule is O=C1CC2(CCN(Cc3ccncc3)CC2)OCCN1CC1CCCCO1. The van der Waals surface area contributed by atoms with Crippen molar-refractivity contribution in [2.45, 2.75) is 56.8 Å². The molecule has 27 heavy (non-hydrogen) atoms. The summed E-state index contributed by atoms with van der Waals surface area (Å²) in [5, 5.41) is 0. The number of pyridine rings is 1. The summed E-state index contributed by atoms with van der Waals surface area (Å²) >= 11 is 0. The molecule has 1 spiro atoms. The highest BCUT2D eigenvalue weighted by molar-refractivity contribution is 5.77. The molecule has 0 N–H and O–H groups in total. The second-order valence-electron chi connectivity index (χ2n) is 8.17. The van der Waals surface area contributed by atoms with Crippen molar-refractivity contribution in [3.8, 4) is 0 Å². The average Bonchev–Trinajstić information content (AvgIpc) is 2.85. The standard InChI is InChI=1S/C21H31N3O3/c25-20-15-21(27-14-12-24(20)17-19-3-1-2-13-26-19)6-10-23(11-7-21)16-18-4-8-22-9-5-18/h4-5,8-9,19H,1-3,6-7,10-17H2. The molecule has 3 aliphatic heterocycles. The predicted octanol–water partition coefficient (Wildman–Crippen LogP) is 2.23. The van der Waals surface area contributed by atoms with E-state index in [-0.39, 0.29) is 17.6 Å². The fraction of sp³-hybridized carbons (Fsp3) is 0.714. The predicted molar refractivity (Wildman–Crippen MR) is 102 cm³/mol. The van der Waals surface area contributed by atoms with Crippen molar-refractivity contribution >= 4 is 5.91 Å². The molecule has 1 amide bonds. The van der Waals surface area contributed by atoms with Crippen LogP contribution in [-0.2, 0) is 20.8 Å². The fourth-order valence-corrected chi connectivity index (χ4v) is 4.51. The molecule has 0 saturated carbocycles. The largest absolute Gasteiger partial charge is 0.376 e. The molecule has 4 heterocycles. The average molecular weight is 373 g/mol. The van der Waals surface area contributed by atoms with Crippen LogP contribution in [0.25, 0.3) is 0 Å². The van der Waals surface area contributed by atoms with E-state index in [9.17, 15) is 4.79 Å². The molecular weight excluding hydrogens is 342 g/mol. The quantitative estimate of drug-likeness (QED) is 0.810. The Morgan fingerprint density at radius 2 is 1.93 bits per heavy atom. The minimum Gasteiger partial charge on any atom is -0.376 e. The normalized spacial score (nSPS) is 26.9. The van der Waals surface area contributed by atoms with Crippen molar-refractivity contribution in [1.82, 2.24) is 14.8 Å². The lowest BCUT2D eigenvalue weighted by Crippen LogP contribution is -2.47. The van der Waals surface area contributed by atoms with Crippen molar-refractivity contribution in [2.75, 3.05) is 39.4 Å². The third-order valence-electron chi connectivity index (χ3n) is 6.22. The van der Waals surface area contributed by atoms with Gasteiger partial charge in [-0.05, 0) is 49.8 Å². The number of likely N-dealkylation sites (tertiary alicyclic amines) is 1. The molecular formula is C21H31N3O3. The van der Waals surface area contributed by atoms with E-state index in [1.165, 1.54) is 12.0 Å². The minimum atomic E-state index is -0.270. The van der Waals surface area contributed by atoms with Gasteiger partial charge in [0, 0.05) is 51.7 Å². The third kappa shape index (κ3) is 4.86. The van der Waals surface area contributed by atoms with Crippen LogP contribution in [0.5, 0.6) is 0 Å². The number of carbonyl (C=O) groups is 1. The van der Waals surface area contributed by atoms with Crippen LogP contribution in [0, 0.1) is 0 Å². The third-order valence-corrected chi connectivity index (χ3v) is 6.22. The van der Waals surface area contributed by atoms with Gasteiger partial charge in [-0.25, -0.2) is 0 Å². The summed E-state index contributed by atoms with van der Waals surface area (Å²) < 4.78 is 12.1. The zero-order valence-corrected chi connectivity index (χ0v) is 16.1. The van der Waals surface area contributed by atoms with E-state index in [1.807, 2.05) is 17.3 Å². The molecule has 1 aromatic heterocycles. The van der Waals surface area contributed by atoms with E-state index in [4.69, 9.17) is 9.47 Å². The van der Waals surface area contributed by atoms with Gasteiger partial charge in [0.05, 0.1) is 24.7 Å². The lowest BCUT2D eigenvalue weighted by molar-refractivity contribution is -0.137. The molecule has 3 saturated heterocycles. The van der Waals surface area contributed by atoms with Crippen LogP contribution >= 0.6 is 0 Å². The maximum Gasteiger partial charge on any atom is 0.225 e. The molecule has 3 aliphatic rings. The number of hydrogen-bond acceptors (Lipinski definition) is 5. The van der Waals surface area contributed by atoms with Gasteiger partial charge in [0.25, 0.3) is 0 Å². The highest BCUT2D eigenvalue weighted by Crippen LogP contribution is 2.33. The number of nitrogens with zero attached hydrogens (tertiary/aromatic N) is 3.